The van der Waals surface area contributed by atoms with Gasteiger partial charge in [-0.3, -0.25) is 0 Å². The molecule has 1 aliphatic heterocycles. The highest BCUT2D eigenvalue weighted by Gasteiger charge is 2.40. The molecule has 0 aliphatic carbocycles. The molecule has 1 aromatic carbocycles. The second kappa shape index (κ2) is 6.36. The summed E-state index contributed by atoms with van der Waals surface area (Å²) in [7, 11) is -3.34. The molecule has 0 bridgehead atoms. The van der Waals surface area contributed by atoms with Crippen LogP contribution in [0.1, 0.15) is 12.8 Å². The maximum absolute atomic E-state index is 12.7. The van der Waals surface area contributed by atoms with Gasteiger partial charge in [0.25, 0.3) is 0 Å². The van der Waals surface area contributed by atoms with Crippen LogP contribution in [0, 0.1) is 0 Å². The average Bonchev–Trinajstić information content (AvgIpc) is 2.83. The molecule has 1 fully saturated rings. The first-order chi connectivity index (χ1) is 8.61. The van der Waals surface area contributed by atoms with Crippen molar-refractivity contribution in [3.8, 4) is 0 Å². The van der Waals surface area contributed by atoms with Gasteiger partial charge in [-0.2, -0.15) is 4.31 Å². The molecule has 0 saturated carbocycles. The fraction of sp³-hybridized carbons (Fsp3) is 0.500. The van der Waals surface area contributed by atoms with Gasteiger partial charge in [0.2, 0.25) is 10.0 Å². The summed E-state index contributed by atoms with van der Waals surface area (Å²) in [4.78, 5) is 0.414. The summed E-state index contributed by atoms with van der Waals surface area (Å²) in [6.07, 6.45) is 1.95. The van der Waals surface area contributed by atoms with Crippen molar-refractivity contribution >= 4 is 55.2 Å². The van der Waals surface area contributed by atoms with E-state index in [1.807, 2.05) is 6.07 Å². The Kier molecular flexibility index (Phi) is 5.30. The highest BCUT2D eigenvalue weighted by atomic mass is 127. The number of halogens is 2. The van der Waals surface area contributed by atoms with Crippen molar-refractivity contribution in [2.75, 3.05) is 8.86 Å². The Balaban J connectivity index is 2.39. The van der Waals surface area contributed by atoms with Crippen LogP contribution in [0.4, 0.5) is 0 Å². The van der Waals surface area contributed by atoms with Gasteiger partial charge in [0.1, 0.15) is 0 Å². The topological polar surface area (TPSA) is 37.4 Å². The van der Waals surface area contributed by atoms with Crippen molar-refractivity contribution in [1.82, 2.24) is 4.31 Å². The minimum absolute atomic E-state index is 0.149. The number of rotatable bonds is 4. The van der Waals surface area contributed by atoms with Crippen molar-refractivity contribution in [3.05, 3.63) is 30.3 Å². The lowest BCUT2D eigenvalue weighted by molar-refractivity contribution is 0.361. The van der Waals surface area contributed by atoms with E-state index in [1.54, 1.807) is 28.6 Å². The number of sulfonamides is 1. The molecule has 0 aromatic heterocycles. The molecular weight excluding hydrogens is 476 g/mol. The van der Waals surface area contributed by atoms with Gasteiger partial charge in [-0.25, -0.2) is 8.42 Å². The quantitative estimate of drug-likeness (QED) is 0.480. The molecule has 0 spiro atoms. The van der Waals surface area contributed by atoms with E-state index >= 15 is 0 Å². The Morgan fingerprint density at radius 2 is 1.56 bits per heavy atom. The number of alkyl halides is 2. The molecule has 2 atom stereocenters. The zero-order valence-electron chi connectivity index (χ0n) is 9.80. The molecule has 1 aliphatic rings. The van der Waals surface area contributed by atoms with Crippen LogP contribution in [0.2, 0.25) is 0 Å². The van der Waals surface area contributed by atoms with Gasteiger partial charge in [-0.05, 0) is 25.0 Å². The normalized spacial score (nSPS) is 25.4. The number of hydrogen-bond acceptors (Lipinski definition) is 2. The minimum Gasteiger partial charge on any atom is -0.207 e. The largest absolute Gasteiger partial charge is 0.243 e. The van der Waals surface area contributed by atoms with Gasteiger partial charge in [-0.15, -0.1) is 0 Å². The number of hydrogen-bond donors (Lipinski definition) is 0. The first kappa shape index (κ1) is 15.0. The molecule has 0 unspecified atom stereocenters. The molecule has 2 rings (SSSR count). The molecule has 1 heterocycles. The Morgan fingerprint density at radius 1 is 1.06 bits per heavy atom. The van der Waals surface area contributed by atoms with E-state index in [1.165, 1.54) is 0 Å². The van der Waals surface area contributed by atoms with Crippen molar-refractivity contribution in [2.24, 2.45) is 0 Å². The molecule has 3 nitrogen and oxygen atoms in total. The van der Waals surface area contributed by atoms with Crippen molar-refractivity contribution in [2.45, 2.75) is 29.8 Å². The third-order valence-corrected chi connectivity index (χ3v) is 7.28. The van der Waals surface area contributed by atoms with Gasteiger partial charge >= 0.3 is 0 Å². The minimum atomic E-state index is -3.34. The standard InChI is InChI=1S/C12H15I2NO2S/c13-8-10-6-7-11(9-14)15(10)18(16,17)12-4-2-1-3-5-12/h1-5,10-11H,6-9H2/t10-,11-/m1/s1. The maximum atomic E-state index is 12.7. The van der Waals surface area contributed by atoms with Gasteiger partial charge in [-0.1, -0.05) is 63.4 Å². The van der Waals surface area contributed by atoms with Crippen LogP contribution >= 0.6 is 45.2 Å². The molecular formula is C12H15I2NO2S. The van der Waals surface area contributed by atoms with Gasteiger partial charge in [0, 0.05) is 20.9 Å². The molecule has 100 valence electrons. The monoisotopic (exact) mass is 491 g/mol. The summed E-state index contributed by atoms with van der Waals surface area (Å²) in [5, 5.41) is 0. The zero-order chi connectivity index (χ0) is 13.2. The van der Waals surface area contributed by atoms with Crippen LogP contribution in [0.3, 0.4) is 0 Å². The van der Waals surface area contributed by atoms with Crippen LogP contribution in [-0.4, -0.2) is 33.7 Å². The van der Waals surface area contributed by atoms with E-state index in [-0.39, 0.29) is 12.1 Å². The first-order valence-corrected chi connectivity index (χ1v) is 10.3. The van der Waals surface area contributed by atoms with Crippen LogP contribution in [0.15, 0.2) is 35.2 Å². The fourth-order valence-corrected chi connectivity index (χ4v) is 6.49. The van der Waals surface area contributed by atoms with Crippen LogP contribution in [0.5, 0.6) is 0 Å². The second-order valence-electron chi connectivity index (χ2n) is 4.34. The zero-order valence-corrected chi connectivity index (χ0v) is 14.9. The smallest absolute Gasteiger partial charge is 0.207 e. The summed E-state index contributed by atoms with van der Waals surface area (Å²) in [6, 6.07) is 9.06. The number of nitrogens with zero attached hydrogens (tertiary/aromatic N) is 1. The molecule has 1 aromatic rings. The summed E-state index contributed by atoms with van der Waals surface area (Å²) in [5.41, 5.74) is 0. The van der Waals surface area contributed by atoms with E-state index in [0.717, 1.165) is 21.7 Å². The SMILES string of the molecule is O=S(=O)(c1ccccc1)N1[C@@H](CI)CC[C@@H]1CI. The van der Waals surface area contributed by atoms with Gasteiger partial charge in [0.05, 0.1) is 4.90 Å². The second-order valence-corrected chi connectivity index (χ2v) is 7.95. The highest BCUT2D eigenvalue weighted by molar-refractivity contribution is 14.1. The fourth-order valence-electron chi connectivity index (χ4n) is 2.33. The van der Waals surface area contributed by atoms with Crippen molar-refractivity contribution in [3.63, 3.8) is 0 Å². The number of benzene rings is 1. The van der Waals surface area contributed by atoms with E-state index in [4.69, 9.17) is 0 Å². The molecule has 0 radical (unpaired) electrons. The van der Waals surface area contributed by atoms with Crippen LogP contribution in [-0.2, 0) is 10.0 Å². The van der Waals surface area contributed by atoms with Crippen molar-refractivity contribution < 1.29 is 8.42 Å². The Bertz CT molecular complexity index is 480. The first-order valence-electron chi connectivity index (χ1n) is 5.81. The lowest BCUT2D eigenvalue weighted by atomic mass is 10.2. The van der Waals surface area contributed by atoms with Crippen LogP contribution < -0.4 is 0 Å². The summed E-state index contributed by atoms with van der Waals surface area (Å²) < 4.78 is 28.8. The molecule has 6 heteroatoms. The summed E-state index contributed by atoms with van der Waals surface area (Å²) >= 11 is 4.56. The third-order valence-electron chi connectivity index (χ3n) is 3.23. The lowest BCUT2D eigenvalue weighted by Gasteiger charge is -2.27. The van der Waals surface area contributed by atoms with Gasteiger partial charge in [0.15, 0.2) is 0 Å². The molecule has 0 N–H and O–H groups in total. The predicted octanol–water partition coefficient (Wildman–Crippen LogP) is 3.08. The van der Waals surface area contributed by atoms with E-state index in [2.05, 4.69) is 45.2 Å². The molecule has 18 heavy (non-hydrogen) atoms. The van der Waals surface area contributed by atoms with E-state index in [0.29, 0.717) is 4.90 Å². The van der Waals surface area contributed by atoms with Crippen molar-refractivity contribution in [1.29, 1.82) is 0 Å². The van der Waals surface area contributed by atoms with E-state index in [9.17, 15) is 8.42 Å². The predicted molar refractivity (Wildman–Crippen MR) is 90.1 cm³/mol. The third kappa shape index (κ3) is 2.85. The lowest BCUT2D eigenvalue weighted by Crippen LogP contribution is -2.42. The van der Waals surface area contributed by atoms with E-state index < -0.39 is 10.0 Å². The Labute approximate surface area is 136 Å². The maximum Gasteiger partial charge on any atom is 0.243 e. The summed E-state index contributed by atoms with van der Waals surface area (Å²) in [6.45, 7) is 0. The van der Waals surface area contributed by atoms with Gasteiger partial charge < -0.3 is 0 Å². The molecule has 1 saturated heterocycles. The summed E-state index contributed by atoms with van der Waals surface area (Å²) in [5.74, 6) is 0. The van der Waals surface area contributed by atoms with Crippen LogP contribution in [0.25, 0.3) is 0 Å². The average molecular weight is 491 g/mol. The molecule has 0 amide bonds. The Morgan fingerprint density at radius 3 is 2.00 bits per heavy atom. The highest BCUT2D eigenvalue weighted by Crippen LogP contribution is 2.32. The Hall–Kier alpha value is 0.590.